The van der Waals surface area contributed by atoms with Crippen molar-refractivity contribution in [2.45, 2.75) is 51.2 Å². The van der Waals surface area contributed by atoms with Gasteiger partial charge in [0, 0.05) is 18.7 Å². The molecule has 1 aliphatic heterocycles. The van der Waals surface area contributed by atoms with Crippen LogP contribution in [0.2, 0.25) is 0 Å². The lowest BCUT2D eigenvalue weighted by molar-refractivity contribution is -0.117. The van der Waals surface area contributed by atoms with Crippen LogP contribution in [-0.4, -0.2) is 67.8 Å². The van der Waals surface area contributed by atoms with Gasteiger partial charge < -0.3 is 15.4 Å². The Bertz CT molecular complexity index is 268. The molecule has 0 aliphatic carbocycles. The van der Waals surface area contributed by atoms with Crippen LogP contribution in [0.3, 0.4) is 0 Å². The van der Waals surface area contributed by atoms with Crippen LogP contribution < -0.4 is 5.73 Å². The molecule has 1 rings (SSSR count). The summed E-state index contributed by atoms with van der Waals surface area (Å²) >= 11 is 0. The molecule has 1 unspecified atom stereocenters. The van der Waals surface area contributed by atoms with Crippen LogP contribution >= 0.6 is 0 Å². The average Bonchev–Trinajstić information content (AvgIpc) is 2.32. The van der Waals surface area contributed by atoms with Crippen LogP contribution in [0.1, 0.15) is 40.0 Å². The van der Waals surface area contributed by atoms with Gasteiger partial charge in [-0.25, -0.2) is 0 Å². The fourth-order valence-corrected chi connectivity index (χ4v) is 3.33. The van der Waals surface area contributed by atoms with E-state index in [1.807, 2.05) is 0 Å². The van der Waals surface area contributed by atoms with Crippen LogP contribution in [0.15, 0.2) is 0 Å². The highest BCUT2D eigenvalue weighted by atomic mass is 16.5. The van der Waals surface area contributed by atoms with Gasteiger partial charge in [0.1, 0.15) is 0 Å². The molecule has 0 aromatic heterocycles. The zero-order valence-electron chi connectivity index (χ0n) is 13.5. The maximum Gasteiger partial charge on any atom is 0.0644 e. The van der Waals surface area contributed by atoms with Gasteiger partial charge in [-0.1, -0.05) is 6.92 Å². The number of hydrogen-bond donors (Lipinski definition) is 1. The molecular formula is C15H33N3O. The van der Waals surface area contributed by atoms with Crippen LogP contribution in [0, 0.1) is 0 Å². The molecule has 4 nitrogen and oxygen atoms in total. The van der Waals surface area contributed by atoms with Gasteiger partial charge in [0.2, 0.25) is 0 Å². The summed E-state index contributed by atoms with van der Waals surface area (Å²) in [4.78, 5) is 4.83. The summed E-state index contributed by atoms with van der Waals surface area (Å²) in [5, 5.41) is 0. The van der Waals surface area contributed by atoms with E-state index in [0.29, 0.717) is 0 Å². The quantitative estimate of drug-likeness (QED) is 0.763. The minimum absolute atomic E-state index is 0.0490. The van der Waals surface area contributed by atoms with Gasteiger partial charge in [0.15, 0.2) is 0 Å². The van der Waals surface area contributed by atoms with Crippen molar-refractivity contribution < 1.29 is 4.74 Å². The number of ether oxygens (including phenoxy) is 1. The molecule has 1 saturated heterocycles. The summed E-state index contributed by atoms with van der Waals surface area (Å²) in [6, 6.07) is 0. The predicted octanol–water partition coefficient (Wildman–Crippen LogP) is 1.55. The molecule has 1 fully saturated rings. The van der Waals surface area contributed by atoms with E-state index >= 15 is 0 Å². The first kappa shape index (κ1) is 16.9. The van der Waals surface area contributed by atoms with E-state index in [9.17, 15) is 0 Å². The molecule has 2 N–H and O–H groups in total. The second-order valence-corrected chi connectivity index (χ2v) is 6.70. The van der Waals surface area contributed by atoms with Crippen molar-refractivity contribution in [1.29, 1.82) is 0 Å². The zero-order chi connectivity index (χ0) is 14.5. The Hall–Kier alpha value is -0.160. The maximum atomic E-state index is 6.16. The molecular weight excluding hydrogens is 238 g/mol. The van der Waals surface area contributed by atoms with E-state index in [1.165, 1.54) is 6.42 Å². The molecule has 0 bridgehead atoms. The van der Waals surface area contributed by atoms with Gasteiger partial charge in [-0.15, -0.1) is 0 Å². The van der Waals surface area contributed by atoms with E-state index in [2.05, 4.69) is 44.7 Å². The Morgan fingerprint density at radius 1 is 1.21 bits per heavy atom. The molecule has 19 heavy (non-hydrogen) atoms. The minimum Gasteiger partial charge on any atom is -0.375 e. The SMILES string of the molecule is CCN(CCCN(C)C)C1(CN)CCOC(C)(C)C1. The number of nitrogens with zero attached hydrogens (tertiary/aromatic N) is 2. The lowest BCUT2D eigenvalue weighted by Gasteiger charge is -2.50. The van der Waals surface area contributed by atoms with E-state index < -0.39 is 0 Å². The lowest BCUT2D eigenvalue weighted by Crippen LogP contribution is -2.60. The Balaban J connectivity index is 2.68. The number of rotatable bonds is 7. The predicted molar refractivity (Wildman–Crippen MR) is 81.5 cm³/mol. The van der Waals surface area contributed by atoms with Crippen molar-refractivity contribution in [2.75, 3.05) is 46.9 Å². The monoisotopic (exact) mass is 271 g/mol. The van der Waals surface area contributed by atoms with E-state index in [0.717, 1.165) is 45.6 Å². The topological polar surface area (TPSA) is 41.7 Å². The third-order valence-corrected chi connectivity index (χ3v) is 4.28. The zero-order valence-corrected chi connectivity index (χ0v) is 13.5. The van der Waals surface area contributed by atoms with Crippen molar-refractivity contribution in [2.24, 2.45) is 5.73 Å². The van der Waals surface area contributed by atoms with Gasteiger partial charge >= 0.3 is 0 Å². The first-order chi connectivity index (χ1) is 8.85. The molecule has 1 atom stereocenters. The third kappa shape index (κ3) is 4.71. The largest absolute Gasteiger partial charge is 0.375 e. The highest BCUT2D eigenvalue weighted by molar-refractivity contribution is 4.99. The molecule has 0 saturated carbocycles. The van der Waals surface area contributed by atoms with Gasteiger partial charge in [0.05, 0.1) is 5.60 Å². The second-order valence-electron chi connectivity index (χ2n) is 6.70. The Morgan fingerprint density at radius 2 is 1.89 bits per heavy atom. The van der Waals surface area contributed by atoms with Crippen LogP contribution in [0.5, 0.6) is 0 Å². The van der Waals surface area contributed by atoms with Gasteiger partial charge in [-0.05, 0) is 66.8 Å². The van der Waals surface area contributed by atoms with Gasteiger partial charge in [-0.2, -0.15) is 0 Å². The molecule has 0 aromatic carbocycles. The normalized spacial score (nSPS) is 27.2. The molecule has 1 aliphatic rings. The fraction of sp³-hybridized carbons (Fsp3) is 1.00. The molecule has 0 radical (unpaired) electrons. The summed E-state index contributed by atoms with van der Waals surface area (Å²) < 4.78 is 5.87. The maximum absolute atomic E-state index is 6.16. The highest BCUT2D eigenvalue weighted by Gasteiger charge is 2.43. The standard InChI is InChI=1S/C15H33N3O/c1-6-18(10-7-9-17(4)5)15(13-16)8-11-19-14(2,3)12-15/h6-13,16H2,1-5H3. The summed E-state index contributed by atoms with van der Waals surface area (Å²) in [5.41, 5.74) is 6.24. The van der Waals surface area contributed by atoms with Gasteiger partial charge in [-0.3, -0.25) is 4.90 Å². The average molecular weight is 271 g/mol. The summed E-state index contributed by atoms with van der Waals surface area (Å²) in [6.07, 6.45) is 3.29. The molecule has 1 heterocycles. The van der Waals surface area contributed by atoms with E-state index in [-0.39, 0.29) is 11.1 Å². The summed E-state index contributed by atoms with van der Waals surface area (Å²) in [7, 11) is 4.26. The smallest absolute Gasteiger partial charge is 0.0644 e. The van der Waals surface area contributed by atoms with Crippen molar-refractivity contribution in [3.8, 4) is 0 Å². The van der Waals surface area contributed by atoms with Crippen LogP contribution in [-0.2, 0) is 4.74 Å². The second kappa shape index (κ2) is 7.02. The number of hydrogen-bond acceptors (Lipinski definition) is 4. The molecule has 114 valence electrons. The van der Waals surface area contributed by atoms with Crippen molar-refractivity contribution in [3.05, 3.63) is 0 Å². The molecule has 4 heteroatoms. The Morgan fingerprint density at radius 3 is 2.37 bits per heavy atom. The molecule has 0 spiro atoms. The van der Waals surface area contributed by atoms with Crippen LogP contribution in [0.4, 0.5) is 0 Å². The minimum atomic E-state index is -0.0490. The van der Waals surface area contributed by atoms with Crippen molar-refractivity contribution in [3.63, 3.8) is 0 Å². The van der Waals surface area contributed by atoms with E-state index in [1.54, 1.807) is 0 Å². The summed E-state index contributed by atoms with van der Waals surface area (Å²) in [6.45, 7) is 11.5. The summed E-state index contributed by atoms with van der Waals surface area (Å²) in [5.74, 6) is 0. The third-order valence-electron chi connectivity index (χ3n) is 4.28. The highest BCUT2D eigenvalue weighted by Crippen LogP contribution is 2.35. The molecule has 0 aromatic rings. The lowest BCUT2D eigenvalue weighted by atomic mass is 9.79. The first-order valence-electron chi connectivity index (χ1n) is 7.59. The molecule has 0 amide bonds. The Kier molecular flexibility index (Phi) is 6.24. The Labute approximate surface area is 119 Å². The van der Waals surface area contributed by atoms with Crippen molar-refractivity contribution in [1.82, 2.24) is 9.80 Å². The fourth-order valence-electron chi connectivity index (χ4n) is 3.33. The van der Waals surface area contributed by atoms with E-state index in [4.69, 9.17) is 10.5 Å². The van der Waals surface area contributed by atoms with Gasteiger partial charge in [0.25, 0.3) is 0 Å². The van der Waals surface area contributed by atoms with Crippen LogP contribution in [0.25, 0.3) is 0 Å². The van der Waals surface area contributed by atoms with Crippen molar-refractivity contribution >= 4 is 0 Å². The number of nitrogens with two attached hydrogens (primary N) is 1. The number of likely N-dealkylation sites (N-methyl/N-ethyl adjacent to an activating group) is 1. The first-order valence-corrected chi connectivity index (χ1v) is 7.59.